The molecule has 0 spiro atoms. The molecule has 1 heterocycles. The Morgan fingerprint density at radius 3 is 2.20 bits per heavy atom. The summed E-state index contributed by atoms with van der Waals surface area (Å²) >= 11 is 0. The second-order valence-electron chi connectivity index (χ2n) is 9.38. The molecule has 6 nitrogen and oxygen atoms in total. The molecule has 0 aromatic heterocycles. The highest BCUT2D eigenvalue weighted by atomic mass is 16.5. The van der Waals surface area contributed by atoms with Crippen LogP contribution in [-0.4, -0.2) is 35.8 Å². The number of hydrogen-bond acceptors (Lipinski definition) is 4. The van der Waals surface area contributed by atoms with Crippen molar-refractivity contribution >= 4 is 29.5 Å². The van der Waals surface area contributed by atoms with Gasteiger partial charge in [-0.25, -0.2) is 0 Å². The molecule has 3 aromatic rings. The summed E-state index contributed by atoms with van der Waals surface area (Å²) in [6, 6.07) is 21.9. The number of hydrogen-bond donors (Lipinski definition) is 1. The predicted octanol–water partition coefficient (Wildman–Crippen LogP) is 5.31. The highest BCUT2D eigenvalue weighted by molar-refractivity contribution is 6.21. The van der Waals surface area contributed by atoms with Crippen molar-refractivity contribution in [2.24, 2.45) is 0 Å². The smallest absolute Gasteiger partial charge is 0.261 e. The van der Waals surface area contributed by atoms with Crippen LogP contribution < -0.4 is 10.1 Å². The zero-order valence-electron chi connectivity index (χ0n) is 20.1. The van der Waals surface area contributed by atoms with E-state index in [9.17, 15) is 14.4 Å². The van der Waals surface area contributed by atoms with E-state index in [1.807, 2.05) is 12.1 Å². The molecular formula is C29H28N2O4. The minimum atomic E-state index is -0.310. The highest BCUT2D eigenvalue weighted by Gasteiger charge is 2.34. The molecule has 4 rings (SSSR count). The number of fused-ring (bicyclic) bond motifs is 1. The molecule has 0 atom stereocenters. The molecule has 0 unspecified atom stereocenters. The van der Waals surface area contributed by atoms with Crippen LogP contribution in [-0.2, 0) is 10.2 Å². The molecule has 0 radical (unpaired) electrons. The van der Waals surface area contributed by atoms with Gasteiger partial charge in [-0.05, 0) is 46.9 Å². The van der Waals surface area contributed by atoms with Gasteiger partial charge in [-0.3, -0.25) is 19.3 Å². The van der Waals surface area contributed by atoms with Crippen molar-refractivity contribution in [1.29, 1.82) is 0 Å². The average molecular weight is 469 g/mol. The summed E-state index contributed by atoms with van der Waals surface area (Å²) in [5.74, 6) is -0.348. The number of anilines is 1. The lowest BCUT2D eigenvalue weighted by molar-refractivity contribution is -0.111. The number of imide groups is 1. The molecule has 0 fully saturated rings. The molecule has 178 valence electrons. The number of ether oxygens (including phenoxy) is 1. The maximum atomic E-state index is 12.4. The van der Waals surface area contributed by atoms with Crippen molar-refractivity contribution in [2.45, 2.75) is 26.2 Å². The zero-order valence-corrected chi connectivity index (χ0v) is 20.1. The Kier molecular flexibility index (Phi) is 6.82. The van der Waals surface area contributed by atoms with E-state index in [2.05, 4.69) is 38.2 Å². The van der Waals surface area contributed by atoms with Gasteiger partial charge in [0.1, 0.15) is 12.4 Å². The third-order valence-electron chi connectivity index (χ3n) is 5.77. The Balaban J connectivity index is 1.30. The van der Waals surface area contributed by atoms with Gasteiger partial charge in [-0.1, -0.05) is 63.2 Å². The predicted molar refractivity (Wildman–Crippen MR) is 137 cm³/mol. The Morgan fingerprint density at radius 2 is 1.57 bits per heavy atom. The molecule has 1 aliphatic heterocycles. The van der Waals surface area contributed by atoms with Crippen LogP contribution in [0.3, 0.4) is 0 Å². The Labute approximate surface area is 205 Å². The summed E-state index contributed by atoms with van der Waals surface area (Å²) in [5.41, 5.74) is 3.68. The van der Waals surface area contributed by atoms with Gasteiger partial charge in [0, 0.05) is 17.8 Å². The van der Waals surface area contributed by atoms with E-state index in [4.69, 9.17) is 4.74 Å². The fraction of sp³-hybridized carbons (Fsp3) is 0.207. The van der Waals surface area contributed by atoms with E-state index in [0.717, 1.165) is 5.56 Å². The SMILES string of the molecule is CC(C)(C)c1ccc(/C=C/C(=O)Nc2cccc(OCCN3C(=O)c4ccccc4C3=O)c2)cc1. The third kappa shape index (κ3) is 5.66. The summed E-state index contributed by atoms with van der Waals surface area (Å²) in [6.45, 7) is 6.77. The van der Waals surface area contributed by atoms with Gasteiger partial charge < -0.3 is 10.1 Å². The highest BCUT2D eigenvalue weighted by Crippen LogP contribution is 2.24. The Morgan fingerprint density at radius 1 is 0.914 bits per heavy atom. The molecule has 35 heavy (non-hydrogen) atoms. The van der Waals surface area contributed by atoms with E-state index < -0.39 is 0 Å². The lowest BCUT2D eigenvalue weighted by Gasteiger charge is -2.18. The van der Waals surface area contributed by atoms with Crippen LogP contribution in [0, 0.1) is 0 Å². The van der Waals surface area contributed by atoms with Crippen LogP contribution in [0.1, 0.15) is 52.6 Å². The van der Waals surface area contributed by atoms with Crippen molar-refractivity contribution < 1.29 is 19.1 Å². The van der Waals surface area contributed by atoms with Gasteiger partial charge in [0.2, 0.25) is 5.91 Å². The second kappa shape index (κ2) is 9.97. The lowest BCUT2D eigenvalue weighted by Crippen LogP contribution is -2.33. The largest absolute Gasteiger partial charge is 0.492 e. The van der Waals surface area contributed by atoms with Crippen LogP contribution >= 0.6 is 0 Å². The molecule has 1 N–H and O–H groups in total. The summed E-state index contributed by atoms with van der Waals surface area (Å²) in [6.07, 6.45) is 3.26. The van der Waals surface area contributed by atoms with E-state index in [1.165, 1.54) is 16.5 Å². The van der Waals surface area contributed by atoms with E-state index in [0.29, 0.717) is 22.6 Å². The molecule has 6 heteroatoms. The fourth-order valence-corrected chi connectivity index (χ4v) is 3.81. The number of amides is 3. The maximum absolute atomic E-state index is 12.4. The monoisotopic (exact) mass is 468 g/mol. The quantitative estimate of drug-likeness (QED) is 0.377. The second-order valence-corrected chi connectivity index (χ2v) is 9.38. The van der Waals surface area contributed by atoms with Crippen LogP contribution in [0.5, 0.6) is 5.75 Å². The fourth-order valence-electron chi connectivity index (χ4n) is 3.81. The van der Waals surface area contributed by atoms with Gasteiger partial charge in [0.15, 0.2) is 0 Å². The third-order valence-corrected chi connectivity index (χ3v) is 5.77. The average Bonchev–Trinajstić information content (AvgIpc) is 3.08. The van der Waals surface area contributed by atoms with E-state index >= 15 is 0 Å². The van der Waals surface area contributed by atoms with Crippen molar-refractivity contribution in [3.05, 3.63) is 101 Å². The normalized spacial score (nSPS) is 13.3. The van der Waals surface area contributed by atoms with Crippen LogP contribution in [0.4, 0.5) is 5.69 Å². The maximum Gasteiger partial charge on any atom is 0.261 e. The van der Waals surface area contributed by atoms with Gasteiger partial charge >= 0.3 is 0 Å². The first-order valence-electron chi connectivity index (χ1n) is 11.5. The molecule has 0 saturated heterocycles. The van der Waals surface area contributed by atoms with Crippen LogP contribution in [0.2, 0.25) is 0 Å². The van der Waals surface area contributed by atoms with E-state index in [1.54, 1.807) is 54.6 Å². The summed E-state index contributed by atoms with van der Waals surface area (Å²) in [4.78, 5) is 38.5. The van der Waals surface area contributed by atoms with E-state index in [-0.39, 0.29) is 36.3 Å². The molecular weight excluding hydrogens is 440 g/mol. The molecule has 3 aromatic carbocycles. The summed E-state index contributed by atoms with van der Waals surface area (Å²) in [7, 11) is 0. The Hall–Kier alpha value is -4.19. The standard InChI is InChI=1S/C29H28N2O4/c1-29(2,3)21-14-11-20(12-15-21)13-16-26(32)30-22-7-6-8-23(19-22)35-18-17-31-27(33)24-9-4-5-10-25(24)28(31)34/h4-16,19H,17-18H2,1-3H3,(H,30,32)/b16-13+. The number of nitrogens with one attached hydrogen (secondary N) is 1. The lowest BCUT2D eigenvalue weighted by atomic mass is 9.87. The number of carbonyl (C=O) groups excluding carboxylic acids is 3. The Bertz CT molecular complexity index is 1250. The van der Waals surface area contributed by atoms with Gasteiger partial charge in [0.05, 0.1) is 17.7 Å². The van der Waals surface area contributed by atoms with Crippen molar-refractivity contribution in [3.8, 4) is 5.75 Å². The topological polar surface area (TPSA) is 75.7 Å². The van der Waals surface area contributed by atoms with Crippen molar-refractivity contribution in [2.75, 3.05) is 18.5 Å². The summed E-state index contributed by atoms with van der Waals surface area (Å²) in [5, 5.41) is 2.82. The zero-order chi connectivity index (χ0) is 25.0. The molecule has 0 aliphatic carbocycles. The number of nitrogens with zero attached hydrogens (tertiary/aromatic N) is 1. The first kappa shape index (κ1) is 24.0. The molecule has 0 saturated carbocycles. The van der Waals surface area contributed by atoms with Crippen molar-refractivity contribution in [3.63, 3.8) is 0 Å². The van der Waals surface area contributed by atoms with Crippen LogP contribution in [0.25, 0.3) is 6.08 Å². The number of carbonyl (C=O) groups is 3. The van der Waals surface area contributed by atoms with Gasteiger partial charge in [-0.2, -0.15) is 0 Å². The number of rotatable bonds is 7. The molecule has 3 amide bonds. The number of benzene rings is 3. The summed E-state index contributed by atoms with van der Waals surface area (Å²) < 4.78 is 5.74. The minimum absolute atomic E-state index is 0.0806. The molecule has 0 bridgehead atoms. The van der Waals surface area contributed by atoms with Crippen molar-refractivity contribution in [1.82, 2.24) is 4.90 Å². The first-order valence-corrected chi connectivity index (χ1v) is 11.5. The van der Waals surface area contributed by atoms with Gasteiger partial charge in [-0.15, -0.1) is 0 Å². The molecule has 1 aliphatic rings. The first-order chi connectivity index (χ1) is 16.7. The van der Waals surface area contributed by atoms with Gasteiger partial charge in [0.25, 0.3) is 11.8 Å². The van der Waals surface area contributed by atoms with Crippen LogP contribution in [0.15, 0.2) is 78.9 Å². The minimum Gasteiger partial charge on any atom is -0.492 e.